The van der Waals surface area contributed by atoms with Crippen LogP contribution in [0.25, 0.3) is 0 Å². The van der Waals surface area contributed by atoms with Gasteiger partial charge in [0.1, 0.15) is 6.04 Å². The largest absolute Gasteiger partial charge is 0.480 e. The van der Waals surface area contributed by atoms with Crippen LogP contribution in [0.15, 0.2) is 24.3 Å². The molecule has 13 nitrogen and oxygen atoms in total. The van der Waals surface area contributed by atoms with Crippen molar-refractivity contribution in [2.75, 3.05) is 31.9 Å². The van der Waals surface area contributed by atoms with Crippen LogP contribution in [0.1, 0.15) is 43.8 Å². The third kappa shape index (κ3) is 6.76. The summed E-state index contributed by atoms with van der Waals surface area (Å²) in [4.78, 5) is 53.3. The number of urea groups is 1. The monoisotopic (exact) mass is 620 g/mol. The number of benzene rings is 2. The number of halogens is 2. The summed E-state index contributed by atoms with van der Waals surface area (Å²) < 4.78 is 0. The second-order valence-corrected chi connectivity index (χ2v) is 10.9. The zero-order valence-corrected chi connectivity index (χ0v) is 23.8. The SMILES string of the molecule is N=Cc1ccc(C(=O)N2CCc3c(cc(Cl)c(C(=O)N[C@@H](CNC(=O)N4C[C@H](O)C[C@@H](O)C4)C(=O)O)c3Cl)C2)cc1N. The zero-order valence-electron chi connectivity index (χ0n) is 22.3. The number of aliphatic carboxylic acids is 1. The number of aliphatic hydroxyl groups excluding tert-OH is 2. The van der Waals surface area contributed by atoms with Crippen molar-refractivity contribution in [1.29, 1.82) is 5.41 Å². The molecule has 3 atom stereocenters. The Hall–Kier alpha value is -3.91. The Balaban J connectivity index is 1.45. The number of likely N-dealkylation sites (tertiary alicyclic amines) is 1. The molecule has 0 unspecified atom stereocenters. The quantitative estimate of drug-likeness (QED) is 0.175. The van der Waals surface area contributed by atoms with Gasteiger partial charge >= 0.3 is 12.0 Å². The van der Waals surface area contributed by atoms with E-state index in [2.05, 4.69) is 10.6 Å². The Bertz CT molecular complexity index is 1430. The molecule has 0 aromatic heterocycles. The van der Waals surface area contributed by atoms with Crippen molar-refractivity contribution in [1.82, 2.24) is 20.4 Å². The molecule has 0 aliphatic carbocycles. The number of carboxylic acid groups (broad SMARTS) is 1. The maximum absolute atomic E-state index is 13.1. The maximum Gasteiger partial charge on any atom is 0.328 e. The van der Waals surface area contributed by atoms with E-state index in [0.29, 0.717) is 34.4 Å². The number of piperidine rings is 1. The molecule has 1 fully saturated rings. The third-order valence-electron chi connectivity index (χ3n) is 7.16. The number of nitrogens with zero attached hydrogens (tertiary/aromatic N) is 2. The molecule has 4 rings (SSSR count). The number of β-amino-alcohol motifs (C(OH)–C–C–N with tert-alkyl or cyclic N) is 2. The van der Waals surface area contributed by atoms with Gasteiger partial charge in [-0.2, -0.15) is 0 Å². The number of hydrogen-bond donors (Lipinski definition) is 7. The van der Waals surface area contributed by atoms with Gasteiger partial charge in [-0.15, -0.1) is 0 Å². The summed E-state index contributed by atoms with van der Waals surface area (Å²) in [5, 5.41) is 41.3. The first kappa shape index (κ1) is 31.0. The van der Waals surface area contributed by atoms with Crippen molar-refractivity contribution in [2.24, 2.45) is 0 Å². The number of amides is 4. The van der Waals surface area contributed by atoms with Crippen LogP contribution < -0.4 is 16.4 Å². The van der Waals surface area contributed by atoms with Gasteiger partial charge in [-0.1, -0.05) is 29.3 Å². The summed E-state index contributed by atoms with van der Waals surface area (Å²) in [7, 11) is 0. The van der Waals surface area contributed by atoms with E-state index < -0.39 is 42.7 Å². The molecule has 42 heavy (non-hydrogen) atoms. The lowest BCUT2D eigenvalue weighted by atomic mass is 9.95. The minimum absolute atomic E-state index is 0.0264. The van der Waals surface area contributed by atoms with Gasteiger partial charge in [-0.3, -0.25) is 9.59 Å². The van der Waals surface area contributed by atoms with Gasteiger partial charge < -0.3 is 46.9 Å². The fourth-order valence-electron chi connectivity index (χ4n) is 5.00. The number of nitrogen functional groups attached to an aromatic ring is 1. The first-order valence-corrected chi connectivity index (χ1v) is 13.8. The van der Waals surface area contributed by atoms with E-state index in [1.807, 2.05) is 0 Å². The number of carbonyl (C=O) groups excluding carboxylic acids is 3. The molecular formula is C27H30Cl2N6O7. The fraction of sp³-hybridized carbons (Fsp3) is 0.370. The van der Waals surface area contributed by atoms with Gasteiger partial charge in [0.05, 0.1) is 34.4 Å². The van der Waals surface area contributed by atoms with Gasteiger partial charge in [-0.25, -0.2) is 9.59 Å². The van der Waals surface area contributed by atoms with Crippen LogP contribution in [0, 0.1) is 5.41 Å². The van der Waals surface area contributed by atoms with Crippen molar-refractivity contribution in [3.63, 3.8) is 0 Å². The average molecular weight is 621 g/mol. The molecule has 15 heteroatoms. The molecule has 2 aromatic rings. The second kappa shape index (κ2) is 12.9. The lowest BCUT2D eigenvalue weighted by Gasteiger charge is -2.33. The minimum Gasteiger partial charge on any atom is -0.480 e. The van der Waals surface area contributed by atoms with Crippen molar-refractivity contribution in [3.8, 4) is 0 Å². The fourth-order valence-corrected chi connectivity index (χ4v) is 5.76. The number of fused-ring (bicyclic) bond motifs is 1. The molecule has 1 saturated heterocycles. The van der Waals surface area contributed by atoms with Crippen molar-refractivity contribution < 1.29 is 34.5 Å². The van der Waals surface area contributed by atoms with Crippen LogP contribution in [0.2, 0.25) is 10.0 Å². The highest BCUT2D eigenvalue weighted by Crippen LogP contribution is 2.35. The normalized spacial score (nSPS) is 19.0. The van der Waals surface area contributed by atoms with Gasteiger partial charge in [0.15, 0.2) is 0 Å². The topological polar surface area (TPSA) is 209 Å². The van der Waals surface area contributed by atoms with Crippen LogP contribution >= 0.6 is 23.2 Å². The lowest BCUT2D eigenvalue weighted by molar-refractivity contribution is -0.139. The van der Waals surface area contributed by atoms with Crippen LogP contribution in [-0.4, -0.2) is 99.6 Å². The number of hydrogen-bond acceptors (Lipinski definition) is 8. The lowest BCUT2D eigenvalue weighted by Crippen LogP contribution is -2.55. The van der Waals surface area contributed by atoms with E-state index in [1.165, 1.54) is 12.1 Å². The third-order valence-corrected chi connectivity index (χ3v) is 7.88. The van der Waals surface area contributed by atoms with E-state index in [0.717, 1.165) is 11.1 Å². The summed E-state index contributed by atoms with van der Waals surface area (Å²) in [6.07, 6.45) is -0.292. The Kier molecular flexibility index (Phi) is 9.57. The van der Waals surface area contributed by atoms with E-state index in [9.17, 15) is 34.5 Å². The number of nitrogens with two attached hydrogens (primary N) is 1. The highest BCUT2D eigenvalue weighted by molar-refractivity contribution is 6.40. The Morgan fingerprint density at radius 1 is 1.12 bits per heavy atom. The number of nitrogens with one attached hydrogen (secondary N) is 3. The smallest absolute Gasteiger partial charge is 0.328 e. The van der Waals surface area contributed by atoms with Crippen LogP contribution in [0.3, 0.4) is 0 Å². The molecule has 2 aliphatic rings. The van der Waals surface area contributed by atoms with Crippen LogP contribution in [0.4, 0.5) is 10.5 Å². The predicted molar refractivity (Wildman–Crippen MR) is 154 cm³/mol. The number of anilines is 1. The van der Waals surface area contributed by atoms with Gasteiger partial charge in [0.25, 0.3) is 11.8 Å². The van der Waals surface area contributed by atoms with Crippen LogP contribution in [0.5, 0.6) is 0 Å². The van der Waals surface area contributed by atoms with Gasteiger partial charge in [-0.05, 0) is 35.7 Å². The predicted octanol–water partition coefficient (Wildman–Crippen LogP) is 1.09. The van der Waals surface area contributed by atoms with Crippen LogP contribution in [-0.2, 0) is 17.8 Å². The van der Waals surface area contributed by atoms with E-state index in [4.69, 9.17) is 34.3 Å². The maximum atomic E-state index is 13.1. The molecule has 224 valence electrons. The molecule has 0 bridgehead atoms. The Labute approximate surface area is 250 Å². The molecule has 0 spiro atoms. The molecule has 2 heterocycles. The highest BCUT2D eigenvalue weighted by atomic mass is 35.5. The number of aliphatic hydroxyl groups is 2. The Morgan fingerprint density at radius 2 is 1.81 bits per heavy atom. The molecule has 0 radical (unpaired) electrons. The van der Waals surface area contributed by atoms with Crippen molar-refractivity contribution in [2.45, 2.75) is 37.6 Å². The summed E-state index contributed by atoms with van der Waals surface area (Å²) in [5.74, 6) is -2.56. The zero-order chi connectivity index (χ0) is 30.7. The average Bonchev–Trinajstić information content (AvgIpc) is 2.93. The molecule has 2 aliphatic heterocycles. The first-order chi connectivity index (χ1) is 19.9. The Morgan fingerprint density at radius 3 is 2.43 bits per heavy atom. The molecular weight excluding hydrogens is 591 g/mol. The van der Waals surface area contributed by atoms with E-state index in [-0.39, 0.29) is 54.1 Å². The number of rotatable bonds is 7. The summed E-state index contributed by atoms with van der Waals surface area (Å²) in [5.41, 5.74) is 8.16. The molecule has 2 aromatic carbocycles. The number of carbonyl (C=O) groups is 4. The standard InChI is InChI=1S/C27H30Cl2N6O7/c28-19-5-15-10-34(25(39)13-1-2-14(8-30)20(31)6-13)4-3-18(15)23(29)22(19)24(38)33-21(26(40)41)9-32-27(42)35-11-16(36)7-17(37)12-35/h1-2,5-6,8,16-17,21,30,36-37H,3-4,7,9-12,31H2,(H,32,42)(H,33,38)(H,40,41)/t16-,17-,21+/m1/s1. The van der Waals surface area contributed by atoms with Crippen molar-refractivity contribution in [3.05, 3.63) is 62.1 Å². The van der Waals surface area contributed by atoms with Gasteiger partial charge in [0.2, 0.25) is 0 Å². The summed E-state index contributed by atoms with van der Waals surface area (Å²) in [6, 6.07) is 3.95. The van der Waals surface area contributed by atoms with E-state index >= 15 is 0 Å². The second-order valence-electron chi connectivity index (χ2n) is 10.1. The van der Waals surface area contributed by atoms with E-state index in [1.54, 1.807) is 17.0 Å². The number of carboxylic acids is 1. The minimum atomic E-state index is -1.54. The molecule has 4 amide bonds. The van der Waals surface area contributed by atoms with Gasteiger partial charge in [0, 0.05) is 55.6 Å². The summed E-state index contributed by atoms with van der Waals surface area (Å²) >= 11 is 13.0. The first-order valence-electron chi connectivity index (χ1n) is 13.0. The summed E-state index contributed by atoms with van der Waals surface area (Å²) in [6.45, 7) is -0.0937. The molecule has 8 N–H and O–H groups in total. The molecule has 0 saturated carbocycles. The highest BCUT2D eigenvalue weighted by Gasteiger charge is 2.31. The van der Waals surface area contributed by atoms with Crippen molar-refractivity contribution >= 4 is 58.9 Å².